The van der Waals surface area contributed by atoms with E-state index < -0.39 is 5.97 Å². The monoisotopic (exact) mass is 509 g/mol. The van der Waals surface area contributed by atoms with Gasteiger partial charge in [-0.1, -0.05) is 48.5 Å². The molecule has 4 rings (SSSR count). The lowest BCUT2D eigenvalue weighted by Gasteiger charge is -2.14. The van der Waals surface area contributed by atoms with Crippen LogP contribution in [0, 0.1) is 6.92 Å². The molecule has 38 heavy (non-hydrogen) atoms. The van der Waals surface area contributed by atoms with E-state index in [0.29, 0.717) is 29.4 Å². The molecule has 0 spiro atoms. The molecule has 0 fully saturated rings. The molecule has 1 aromatic heterocycles. The molecule has 3 aromatic carbocycles. The minimum absolute atomic E-state index is 0.250. The Labute approximate surface area is 221 Å². The summed E-state index contributed by atoms with van der Waals surface area (Å²) >= 11 is 0. The molecule has 0 atom stereocenters. The number of ether oxygens (including phenoxy) is 1. The summed E-state index contributed by atoms with van der Waals surface area (Å²) in [6.07, 6.45) is 3.63. The van der Waals surface area contributed by atoms with Gasteiger partial charge in [0.15, 0.2) is 5.82 Å². The Balaban J connectivity index is 0.00000127. The third kappa shape index (κ3) is 7.54. The number of hydrogen-bond donors (Lipinski definition) is 2. The molecule has 0 unspecified atom stereocenters. The molecule has 0 aliphatic rings. The van der Waals surface area contributed by atoms with Crippen molar-refractivity contribution < 1.29 is 24.9 Å². The van der Waals surface area contributed by atoms with Crippen LogP contribution in [0.1, 0.15) is 27.2 Å². The van der Waals surface area contributed by atoms with Gasteiger partial charge in [0.1, 0.15) is 11.6 Å². The van der Waals surface area contributed by atoms with Crippen molar-refractivity contribution in [1.29, 1.82) is 0 Å². The highest BCUT2D eigenvalue weighted by molar-refractivity contribution is 5.91. The van der Waals surface area contributed by atoms with E-state index >= 15 is 0 Å². The number of benzene rings is 3. The van der Waals surface area contributed by atoms with Gasteiger partial charge in [-0.05, 0) is 55.3 Å². The van der Waals surface area contributed by atoms with E-state index in [4.69, 9.17) is 24.3 Å². The maximum absolute atomic E-state index is 12.6. The predicted molar refractivity (Wildman–Crippen MR) is 144 cm³/mol. The van der Waals surface area contributed by atoms with Crippen molar-refractivity contribution in [2.45, 2.75) is 19.8 Å². The van der Waals surface area contributed by atoms with Gasteiger partial charge in [0, 0.05) is 28.9 Å². The van der Waals surface area contributed by atoms with Gasteiger partial charge < -0.3 is 15.8 Å². The van der Waals surface area contributed by atoms with Crippen molar-refractivity contribution in [2.75, 3.05) is 11.9 Å². The second-order valence-electron chi connectivity index (χ2n) is 8.24. The SMILES string of the molecule is C=CCc1c(C)nc(-c2ccccc2)nc1Nc1ccc(C(=O)Oc2ccc(CC[NH3+])cc2)cc1.O=C=O. The summed E-state index contributed by atoms with van der Waals surface area (Å²) in [6, 6.07) is 24.5. The van der Waals surface area contributed by atoms with Crippen LogP contribution >= 0.6 is 0 Å². The lowest BCUT2D eigenvalue weighted by atomic mass is 10.1. The fourth-order valence-corrected chi connectivity index (χ4v) is 3.73. The van der Waals surface area contributed by atoms with Gasteiger partial charge >= 0.3 is 12.1 Å². The van der Waals surface area contributed by atoms with E-state index in [2.05, 4.69) is 17.6 Å². The molecule has 192 valence electrons. The van der Waals surface area contributed by atoms with Crippen LogP contribution in [-0.2, 0) is 22.4 Å². The normalized spacial score (nSPS) is 9.95. The zero-order valence-electron chi connectivity index (χ0n) is 21.1. The lowest BCUT2D eigenvalue weighted by molar-refractivity contribution is -0.366. The molecule has 4 N–H and O–H groups in total. The number of anilines is 2. The largest absolute Gasteiger partial charge is 0.423 e. The number of nitrogens with zero attached hydrogens (tertiary/aromatic N) is 2. The fourth-order valence-electron chi connectivity index (χ4n) is 3.73. The summed E-state index contributed by atoms with van der Waals surface area (Å²) in [4.78, 5) is 38.3. The second kappa shape index (κ2) is 14.0. The third-order valence-electron chi connectivity index (χ3n) is 5.58. The number of nitrogens with one attached hydrogen (secondary N) is 1. The van der Waals surface area contributed by atoms with E-state index in [1.54, 1.807) is 12.1 Å². The van der Waals surface area contributed by atoms with Crippen LogP contribution in [0.5, 0.6) is 5.75 Å². The van der Waals surface area contributed by atoms with E-state index in [-0.39, 0.29) is 6.15 Å². The number of carbonyl (C=O) groups excluding carboxylic acids is 3. The van der Waals surface area contributed by atoms with Crippen molar-refractivity contribution in [1.82, 2.24) is 9.97 Å². The molecule has 0 saturated carbocycles. The van der Waals surface area contributed by atoms with Crippen LogP contribution in [0.2, 0.25) is 0 Å². The number of quaternary nitrogens is 1. The van der Waals surface area contributed by atoms with Crippen molar-refractivity contribution in [2.24, 2.45) is 0 Å². The summed E-state index contributed by atoms with van der Waals surface area (Å²) in [5.41, 5.74) is 9.11. The highest BCUT2D eigenvalue weighted by atomic mass is 16.5. The van der Waals surface area contributed by atoms with E-state index in [1.165, 1.54) is 5.56 Å². The lowest BCUT2D eigenvalue weighted by Crippen LogP contribution is -2.51. The van der Waals surface area contributed by atoms with Gasteiger partial charge in [-0.25, -0.2) is 14.8 Å². The molecule has 4 aromatic rings. The standard InChI is InChI=1S/C29H28N4O2.CO2/c1-3-7-26-20(2)31-27(22-8-5-4-6-9-22)33-28(26)32-24-14-12-23(13-15-24)29(34)35-25-16-10-21(11-17-25)18-19-30;2-1-3/h3-6,8-17H,1,7,18-19,30H2,2H3,(H,31,32,33);/p+1. The molecule has 0 aliphatic carbocycles. The maximum Gasteiger partial charge on any atom is 0.373 e. The minimum Gasteiger partial charge on any atom is -0.423 e. The van der Waals surface area contributed by atoms with Gasteiger partial charge in [0.05, 0.1) is 12.1 Å². The minimum atomic E-state index is -0.405. The second-order valence-corrected chi connectivity index (χ2v) is 8.24. The average molecular weight is 510 g/mol. The highest BCUT2D eigenvalue weighted by Crippen LogP contribution is 2.26. The molecule has 0 amide bonds. The number of hydrogen-bond acceptors (Lipinski definition) is 7. The van der Waals surface area contributed by atoms with Gasteiger partial charge in [0.25, 0.3) is 0 Å². The van der Waals surface area contributed by atoms with Gasteiger partial charge in [-0.2, -0.15) is 9.59 Å². The summed E-state index contributed by atoms with van der Waals surface area (Å²) in [6.45, 7) is 6.67. The zero-order chi connectivity index (χ0) is 27.3. The van der Waals surface area contributed by atoms with Gasteiger partial charge in [-0.3, -0.25) is 0 Å². The number of esters is 1. The number of rotatable bonds is 9. The zero-order valence-corrected chi connectivity index (χ0v) is 21.1. The summed E-state index contributed by atoms with van der Waals surface area (Å²) in [7, 11) is 0. The quantitative estimate of drug-likeness (QED) is 0.195. The van der Waals surface area contributed by atoms with Gasteiger partial charge in [0.2, 0.25) is 0 Å². The molecule has 0 radical (unpaired) electrons. The third-order valence-corrected chi connectivity index (χ3v) is 5.58. The predicted octanol–water partition coefficient (Wildman–Crippen LogP) is 4.34. The Bertz CT molecular complexity index is 1400. The average Bonchev–Trinajstić information content (AvgIpc) is 2.93. The molecule has 0 bridgehead atoms. The maximum atomic E-state index is 12.6. The number of allylic oxidation sites excluding steroid dienone is 1. The van der Waals surface area contributed by atoms with E-state index in [0.717, 1.165) is 35.5 Å². The number of aryl methyl sites for hydroxylation is 1. The first-order valence-electron chi connectivity index (χ1n) is 12.0. The van der Waals surface area contributed by atoms with Crippen molar-refractivity contribution in [3.05, 3.63) is 114 Å². The topological polar surface area (TPSA) is 126 Å². The Kier molecular flexibility index (Phi) is 10.2. The fraction of sp³-hybridized carbons (Fsp3) is 0.133. The van der Waals surface area contributed by atoms with Gasteiger partial charge in [-0.15, -0.1) is 6.58 Å². The van der Waals surface area contributed by atoms with Crippen molar-refractivity contribution >= 4 is 23.6 Å². The molecule has 8 nitrogen and oxygen atoms in total. The van der Waals surface area contributed by atoms with Crippen LogP contribution in [0.15, 0.2) is 91.5 Å². The Hall–Kier alpha value is -4.91. The van der Waals surface area contributed by atoms with Crippen molar-refractivity contribution in [3.63, 3.8) is 0 Å². The van der Waals surface area contributed by atoms with E-state index in [1.807, 2.05) is 79.7 Å². The van der Waals surface area contributed by atoms with E-state index in [9.17, 15) is 4.79 Å². The Morgan fingerprint density at radius 2 is 1.66 bits per heavy atom. The molecule has 0 saturated heterocycles. The van der Waals surface area contributed by atoms with Crippen LogP contribution in [-0.4, -0.2) is 28.6 Å². The Morgan fingerprint density at radius 3 is 2.26 bits per heavy atom. The summed E-state index contributed by atoms with van der Waals surface area (Å²) in [5.74, 6) is 1.48. The molecular formula is C30H29N4O4+. The molecule has 1 heterocycles. The Morgan fingerprint density at radius 1 is 1.00 bits per heavy atom. The first-order valence-corrected chi connectivity index (χ1v) is 12.0. The molecule has 8 heteroatoms. The first-order chi connectivity index (χ1) is 18.5. The van der Waals surface area contributed by atoms with Crippen LogP contribution in [0.3, 0.4) is 0 Å². The van der Waals surface area contributed by atoms with Crippen LogP contribution in [0.25, 0.3) is 11.4 Å². The highest BCUT2D eigenvalue weighted by Gasteiger charge is 2.14. The van der Waals surface area contributed by atoms with Crippen molar-refractivity contribution in [3.8, 4) is 17.1 Å². The summed E-state index contributed by atoms with van der Waals surface area (Å²) < 4.78 is 5.52. The van der Waals surface area contributed by atoms with Crippen LogP contribution in [0.4, 0.5) is 11.5 Å². The summed E-state index contributed by atoms with van der Waals surface area (Å²) in [5, 5.41) is 3.39. The molecular weight excluding hydrogens is 480 g/mol. The first kappa shape index (κ1) is 27.7. The number of carbonyl (C=O) groups is 1. The smallest absolute Gasteiger partial charge is 0.373 e. The molecule has 0 aliphatic heterocycles. The van der Waals surface area contributed by atoms with Crippen LogP contribution < -0.4 is 15.8 Å². The number of aromatic nitrogens is 2.